The van der Waals surface area contributed by atoms with E-state index < -0.39 is 0 Å². The van der Waals surface area contributed by atoms with Gasteiger partial charge in [0.2, 0.25) is 5.95 Å². The molecule has 1 aliphatic rings. The number of anilines is 3. The van der Waals surface area contributed by atoms with Gasteiger partial charge in [-0.15, -0.1) is 0 Å². The summed E-state index contributed by atoms with van der Waals surface area (Å²) in [5, 5.41) is 4.18. The number of nitrogens with one attached hydrogen (secondary N) is 1. The summed E-state index contributed by atoms with van der Waals surface area (Å²) >= 11 is 6.09. The number of hydrogen-bond acceptors (Lipinski definition) is 5. The molecule has 6 heteroatoms. The van der Waals surface area contributed by atoms with Crippen LogP contribution in [0.5, 0.6) is 0 Å². The molecule has 0 amide bonds. The Hall–Kier alpha value is -2.01. The molecule has 128 valence electrons. The zero-order valence-electron chi connectivity index (χ0n) is 14.5. The number of halogens is 1. The molecule has 1 N–H and O–H groups in total. The highest BCUT2D eigenvalue weighted by molar-refractivity contribution is 6.30. The van der Waals surface area contributed by atoms with Crippen LogP contribution in [0.15, 0.2) is 36.5 Å². The van der Waals surface area contributed by atoms with E-state index in [-0.39, 0.29) is 5.54 Å². The number of piperazine rings is 1. The number of rotatable bonds is 3. The maximum absolute atomic E-state index is 6.09. The Kier molecular flexibility index (Phi) is 4.81. The van der Waals surface area contributed by atoms with E-state index in [0.29, 0.717) is 0 Å². The van der Waals surface area contributed by atoms with Crippen LogP contribution in [-0.2, 0) is 0 Å². The first-order valence-electron chi connectivity index (χ1n) is 8.27. The number of hydrogen-bond donors (Lipinski definition) is 1. The summed E-state index contributed by atoms with van der Waals surface area (Å²) in [6, 6.07) is 9.93. The van der Waals surface area contributed by atoms with Gasteiger partial charge in [-0.3, -0.25) is 0 Å². The van der Waals surface area contributed by atoms with Crippen LogP contribution in [0, 0.1) is 0 Å². The number of aromatic nitrogens is 2. The van der Waals surface area contributed by atoms with Crippen LogP contribution in [0.25, 0.3) is 0 Å². The van der Waals surface area contributed by atoms with Crippen LogP contribution >= 0.6 is 11.6 Å². The molecule has 1 aromatic heterocycles. The molecule has 0 saturated carbocycles. The third-order valence-electron chi connectivity index (χ3n) is 3.88. The largest absolute Gasteiger partial charge is 0.368 e. The van der Waals surface area contributed by atoms with E-state index in [1.54, 1.807) is 0 Å². The monoisotopic (exact) mass is 345 g/mol. The van der Waals surface area contributed by atoms with Crippen LogP contribution in [0.2, 0.25) is 5.02 Å². The van der Waals surface area contributed by atoms with Crippen molar-refractivity contribution in [2.24, 2.45) is 0 Å². The first-order chi connectivity index (χ1) is 11.4. The Morgan fingerprint density at radius 3 is 2.42 bits per heavy atom. The van der Waals surface area contributed by atoms with Gasteiger partial charge in [-0.1, -0.05) is 17.7 Å². The van der Waals surface area contributed by atoms with Gasteiger partial charge in [-0.25, -0.2) is 4.98 Å². The van der Waals surface area contributed by atoms with Gasteiger partial charge in [0, 0.05) is 48.6 Å². The molecule has 2 aromatic rings. The van der Waals surface area contributed by atoms with Crippen molar-refractivity contribution in [3.8, 4) is 0 Å². The lowest BCUT2D eigenvalue weighted by Crippen LogP contribution is -2.47. The summed E-state index contributed by atoms with van der Waals surface area (Å²) in [7, 11) is 0. The van der Waals surface area contributed by atoms with Crippen molar-refractivity contribution < 1.29 is 0 Å². The second kappa shape index (κ2) is 6.85. The first kappa shape index (κ1) is 16.8. The van der Waals surface area contributed by atoms with Crippen molar-refractivity contribution in [2.75, 3.05) is 41.3 Å². The molecule has 1 aliphatic heterocycles. The van der Waals surface area contributed by atoms with E-state index >= 15 is 0 Å². The normalized spacial score (nSPS) is 15.5. The summed E-state index contributed by atoms with van der Waals surface area (Å²) in [5.41, 5.74) is 1.16. The minimum Gasteiger partial charge on any atom is -0.368 e. The maximum Gasteiger partial charge on any atom is 0.227 e. The summed E-state index contributed by atoms with van der Waals surface area (Å²) < 4.78 is 0. The van der Waals surface area contributed by atoms with E-state index in [9.17, 15) is 0 Å². The van der Waals surface area contributed by atoms with Crippen LogP contribution in [0.3, 0.4) is 0 Å². The molecular formula is C18H24ClN5. The highest BCUT2D eigenvalue weighted by atomic mass is 35.5. The quantitative estimate of drug-likeness (QED) is 0.919. The fraction of sp³-hybridized carbons (Fsp3) is 0.444. The second-order valence-corrected chi connectivity index (χ2v) is 7.51. The van der Waals surface area contributed by atoms with Crippen LogP contribution in [0.4, 0.5) is 17.5 Å². The number of benzene rings is 1. The summed E-state index contributed by atoms with van der Waals surface area (Å²) in [6.07, 6.45) is 1.82. The fourth-order valence-corrected chi connectivity index (χ4v) is 2.98. The predicted octanol–water partition coefficient (Wildman–Crippen LogP) is 3.67. The molecule has 1 saturated heterocycles. The van der Waals surface area contributed by atoms with Gasteiger partial charge in [-0.2, -0.15) is 4.98 Å². The molecule has 1 fully saturated rings. The van der Waals surface area contributed by atoms with E-state index in [1.165, 1.54) is 5.69 Å². The molecule has 3 rings (SSSR count). The van der Waals surface area contributed by atoms with Gasteiger partial charge in [0.05, 0.1) is 0 Å². The van der Waals surface area contributed by atoms with Crippen molar-refractivity contribution in [1.82, 2.24) is 9.97 Å². The lowest BCUT2D eigenvalue weighted by Gasteiger charge is -2.36. The summed E-state index contributed by atoms with van der Waals surface area (Å²) in [5.74, 6) is 1.65. The molecule has 0 spiro atoms. The van der Waals surface area contributed by atoms with Gasteiger partial charge in [-0.05, 0) is 45.0 Å². The highest BCUT2D eigenvalue weighted by Crippen LogP contribution is 2.22. The third-order valence-corrected chi connectivity index (χ3v) is 4.12. The van der Waals surface area contributed by atoms with Crippen molar-refractivity contribution in [1.29, 1.82) is 0 Å². The zero-order valence-corrected chi connectivity index (χ0v) is 15.2. The standard InChI is InChI=1S/C18H24ClN5/c1-18(2,3)22-16-7-8-20-17(21-16)24-11-9-23(10-12-24)15-6-4-5-14(19)13-15/h4-8,13H,9-12H2,1-3H3,(H,20,21,22). The van der Waals surface area contributed by atoms with Gasteiger partial charge in [0.15, 0.2) is 0 Å². The Bertz CT molecular complexity index is 690. The first-order valence-corrected chi connectivity index (χ1v) is 8.65. The molecule has 1 aromatic carbocycles. The lowest BCUT2D eigenvalue weighted by atomic mass is 10.1. The van der Waals surface area contributed by atoms with E-state index in [0.717, 1.165) is 43.0 Å². The van der Waals surface area contributed by atoms with Crippen LogP contribution < -0.4 is 15.1 Å². The van der Waals surface area contributed by atoms with Crippen molar-refractivity contribution in [2.45, 2.75) is 26.3 Å². The molecule has 0 bridgehead atoms. The molecule has 0 unspecified atom stereocenters. The molecule has 24 heavy (non-hydrogen) atoms. The maximum atomic E-state index is 6.09. The fourth-order valence-electron chi connectivity index (χ4n) is 2.79. The Morgan fingerprint density at radius 1 is 1.04 bits per heavy atom. The van der Waals surface area contributed by atoms with E-state index in [4.69, 9.17) is 11.6 Å². The average Bonchev–Trinajstić information content (AvgIpc) is 2.54. The van der Waals surface area contributed by atoms with Gasteiger partial charge >= 0.3 is 0 Å². The second-order valence-electron chi connectivity index (χ2n) is 7.07. The Balaban J connectivity index is 1.65. The molecule has 0 atom stereocenters. The molecular weight excluding hydrogens is 322 g/mol. The van der Waals surface area contributed by atoms with Crippen LogP contribution in [0.1, 0.15) is 20.8 Å². The Labute approximate surface area is 148 Å². The molecule has 0 aliphatic carbocycles. The summed E-state index contributed by atoms with van der Waals surface area (Å²) in [6.45, 7) is 10.0. The average molecular weight is 346 g/mol. The van der Waals surface area contributed by atoms with Crippen molar-refractivity contribution in [3.05, 3.63) is 41.6 Å². The molecule has 0 radical (unpaired) electrons. The smallest absolute Gasteiger partial charge is 0.227 e. The minimum absolute atomic E-state index is 0.0170. The van der Waals surface area contributed by atoms with Gasteiger partial charge in [0.25, 0.3) is 0 Å². The van der Waals surface area contributed by atoms with Gasteiger partial charge < -0.3 is 15.1 Å². The highest BCUT2D eigenvalue weighted by Gasteiger charge is 2.20. The van der Waals surface area contributed by atoms with Gasteiger partial charge in [0.1, 0.15) is 5.82 Å². The van der Waals surface area contributed by atoms with E-state index in [1.807, 2.05) is 30.5 Å². The van der Waals surface area contributed by atoms with Crippen molar-refractivity contribution in [3.63, 3.8) is 0 Å². The number of nitrogens with zero attached hydrogens (tertiary/aromatic N) is 4. The molecule has 2 heterocycles. The third kappa shape index (κ3) is 4.29. The van der Waals surface area contributed by atoms with E-state index in [2.05, 4.69) is 51.9 Å². The summed E-state index contributed by atoms with van der Waals surface area (Å²) in [4.78, 5) is 13.7. The molecule has 5 nitrogen and oxygen atoms in total. The predicted molar refractivity (Wildman–Crippen MR) is 101 cm³/mol. The SMILES string of the molecule is CC(C)(C)Nc1ccnc(N2CCN(c3cccc(Cl)c3)CC2)n1. The van der Waals surface area contributed by atoms with Crippen LogP contribution in [-0.4, -0.2) is 41.7 Å². The van der Waals surface area contributed by atoms with Crippen molar-refractivity contribution >= 4 is 29.1 Å². The Morgan fingerprint density at radius 2 is 1.75 bits per heavy atom. The topological polar surface area (TPSA) is 44.3 Å². The minimum atomic E-state index is -0.0170. The lowest BCUT2D eigenvalue weighted by molar-refractivity contribution is 0.624. The zero-order chi connectivity index (χ0) is 17.2.